The number of esters is 1. The molecule has 0 saturated carbocycles. The Kier molecular flexibility index (Phi) is 17.4. The molecule has 60 heavy (non-hydrogen) atoms. The van der Waals surface area contributed by atoms with Crippen molar-refractivity contribution in [2.75, 3.05) is 44.7 Å². The number of Topliss-reactive ketones (excluding diaryl/α,β-unsaturated/α-hetero) is 1. The molecular formula is C41H57ClN4O12S2. The van der Waals surface area contributed by atoms with Crippen molar-refractivity contribution in [3.8, 4) is 5.75 Å². The summed E-state index contributed by atoms with van der Waals surface area (Å²) in [6, 6.07) is 2.51. The van der Waals surface area contributed by atoms with Gasteiger partial charge in [-0.05, 0) is 44.9 Å². The Bertz CT molecular complexity index is 1850. The number of primary amides is 1. The lowest BCUT2D eigenvalue weighted by atomic mass is 9.83. The van der Waals surface area contributed by atoms with Gasteiger partial charge in [-0.1, -0.05) is 63.9 Å². The van der Waals surface area contributed by atoms with Gasteiger partial charge in [0.15, 0.2) is 5.72 Å². The number of nitrogens with two attached hydrogens (primary N) is 1. The average Bonchev–Trinajstić information content (AvgIpc) is 3.90. The molecule has 4 rings (SSSR count). The standard InChI is InChI=1S/C41H57ClN4O12S2/c1-23-10-9-11-31(55-8)41(53)22-30(56-39(52)44-41)24(2)37-40(4,58-37)32(21-35(50)46(6)28-19-26(18-23)20-29(54-7)36(28)42)57-38(51)25(3)45(5)34(49)15-17-60-59-16-14-27(47)12-13-33(43)48/h9-11,19-20,24-25,30-32,37,53H,12-18,21-22H2,1-8H3,(H2,43,48)(H,44,52)/b11-9+,23-10+/t24-,25+,30+,31-,32+,37+,40+,41+/m1/s1. The molecule has 332 valence electrons. The van der Waals surface area contributed by atoms with E-state index in [2.05, 4.69) is 5.32 Å². The number of anilines is 1. The summed E-state index contributed by atoms with van der Waals surface area (Å²) < 4.78 is 29.3. The largest absolute Gasteiger partial charge is 0.495 e. The second-order valence-corrected chi connectivity index (χ2v) is 18.6. The van der Waals surface area contributed by atoms with Gasteiger partial charge >= 0.3 is 12.1 Å². The maximum atomic E-state index is 14.2. The van der Waals surface area contributed by atoms with E-state index < -0.39 is 71.6 Å². The van der Waals surface area contributed by atoms with Gasteiger partial charge in [0.25, 0.3) is 0 Å². The van der Waals surface area contributed by atoms with Crippen LogP contribution in [-0.2, 0) is 49.3 Å². The van der Waals surface area contributed by atoms with Crippen molar-refractivity contribution in [3.63, 3.8) is 0 Å². The smallest absolute Gasteiger partial charge is 0.409 e. The fourth-order valence-corrected chi connectivity index (χ4v) is 9.51. The van der Waals surface area contributed by atoms with Crippen molar-refractivity contribution in [1.82, 2.24) is 10.2 Å². The number of nitrogens with zero attached hydrogens (tertiary/aromatic N) is 2. The number of ether oxygens (including phenoxy) is 5. The normalized spacial score (nSPS) is 28.8. The molecule has 16 nitrogen and oxygen atoms in total. The Hall–Kier alpha value is -3.81. The summed E-state index contributed by atoms with van der Waals surface area (Å²) in [5.41, 5.74) is 4.05. The second-order valence-electron chi connectivity index (χ2n) is 15.6. The molecule has 0 spiro atoms. The van der Waals surface area contributed by atoms with Crippen LogP contribution in [0.3, 0.4) is 0 Å². The Morgan fingerprint density at radius 1 is 1.13 bits per heavy atom. The summed E-state index contributed by atoms with van der Waals surface area (Å²) in [6.45, 7) is 6.91. The molecule has 0 radical (unpaired) electrons. The van der Waals surface area contributed by atoms with Gasteiger partial charge in [-0.3, -0.25) is 24.5 Å². The van der Waals surface area contributed by atoms with E-state index in [0.29, 0.717) is 29.4 Å². The third-order valence-electron chi connectivity index (χ3n) is 11.1. The molecule has 8 atom stereocenters. The van der Waals surface area contributed by atoms with Crippen LogP contribution in [-0.4, -0.2) is 127 Å². The lowest BCUT2D eigenvalue weighted by Gasteiger charge is -2.42. The van der Waals surface area contributed by atoms with Crippen LogP contribution in [0.4, 0.5) is 10.5 Å². The highest BCUT2D eigenvalue weighted by atomic mass is 35.5. The number of epoxide rings is 1. The average molecular weight is 898 g/mol. The Labute approximate surface area is 363 Å². The van der Waals surface area contributed by atoms with Crippen LogP contribution in [0.2, 0.25) is 5.02 Å². The lowest BCUT2D eigenvalue weighted by molar-refractivity contribution is -0.162. The number of halogens is 1. The highest BCUT2D eigenvalue weighted by Crippen LogP contribution is 2.49. The van der Waals surface area contributed by atoms with Crippen LogP contribution in [0.15, 0.2) is 35.9 Å². The number of alkyl carbamates (subject to hydrolysis) is 1. The highest BCUT2D eigenvalue weighted by molar-refractivity contribution is 8.76. The molecule has 4 bridgehead atoms. The molecule has 0 unspecified atom stereocenters. The van der Waals surface area contributed by atoms with E-state index in [4.69, 9.17) is 41.0 Å². The fourth-order valence-electron chi connectivity index (χ4n) is 7.18. The van der Waals surface area contributed by atoms with E-state index in [1.54, 1.807) is 45.2 Å². The summed E-state index contributed by atoms with van der Waals surface area (Å²) in [5.74, 6) is -1.42. The monoisotopic (exact) mass is 896 g/mol. The Balaban J connectivity index is 1.57. The number of benzene rings is 1. The van der Waals surface area contributed by atoms with Gasteiger partial charge in [0.1, 0.15) is 46.5 Å². The van der Waals surface area contributed by atoms with Gasteiger partial charge in [0, 0.05) is 70.7 Å². The third-order valence-corrected chi connectivity index (χ3v) is 13.9. The second kappa shape index (κ2) is 21.3. The molecule has 0 aromatic heterocycles. The molecule has 4 N–H and O–H groups in total. The molecule has 19 heteroatoms. The van der Waals surface area contributed by atoms with E-state index in [-0.39, 0.29) is 55.2 Å². The van der Waals surface area contributed by atoms with Crippen LogP contribution in [0.1, 0.15) is 71.8 Å². The summed E-state index contributed by atoms with van der Waals surface area (Å²) in [4.78, 5) is 79.6. The van der Waals surface area contributed by atoms with Gasteiger partial charge in [-0.2, -0.15) is 0 Å². The highest BCUT2D eigenvalue weighted by Gasteiger charge is 2.64. The van der Waals surface area contributed by atoms with E-state index in [1.165, 1.54) is 59.6 Å². The number of likely N-dealkylation sites (N-methyl/N-ethyl adjacent to an activating group) is 1. The molecule has 1 aromatic rings. The zero-order chi connectivity index (χ0) is 44.5. The molecule has 3 aliphatic rings. The van der Waals surface area contributed by atoms with Gasteiger partial charge in [-0.25, -0.2) is 9.59 Å². The Morgan fingerprint density at radius 3 is 2.47 bits per heavy atom. The van der Waals surface area contributed by atoms with Crippen molar-refractivity contribution < 1.29 is 57.6 Å². The SMILES string of the molecule is COc1cc2cc(c1Cl)N(C)C(=O)C[C@H](OC(=O)[C@H](C)N(C)C(=O)CCSSCCC(=O)CCC(N)=O)[C@]1(C)O[C@H]1[C@H](C)[C@@H]1C[C@@](O)(NC(=O)O1)[C@H](OC)/C=C/C=C(\C)C2. The molecule has 2 fully saturated rings. The number of hydrogen-bond acceptors (Lipinski definition) is 14. The fraction of sp³-hybridized carbons (Fsp3) is 0.610. The minimum Gasteiger partial charge on any atom is -0.495 e. The van der Waals surface area contributed by atoms with E-state index >= 15 is 0 Å². The molecule has 4 amide bonds. The van der Waals surface area contributed by atoms with Crippen LogP contribution < -0.4 is 20.7 Å². The zero-order valence-corrected chi connectivity index (χ0v) is 37.7. The lowest BCUT2D eigenvalue weighted by Crippen LogP contribution is -2.63. The van der Waals surface area contributed by atoms with Gasteiger partial charge in [0.2, 0.25) is 17.7 Å². The number of rotatable bonds is 15. The minimum absolute atomic E-state index is 0.0175. The summed E-state index contributed by atoms with van der Waals surface area (Å²) in [5, 5.41) is 14.5. The maximum absolute atomic E-state index is 14.2. The van der Waals surface area contributed by atoms with Crippen LogP contribution in [0.5, 0.6) is 5.75 Å². The number of hydrogen-bond donors (Lipinski definition) is 3. The van der Waals surface area contributed by atoms with Crippen molar-refractivity contribution >= 4 is 74.4 Å². The summed E-state index contributed by atoms with van der Waals surface area (Å²) >= 11 is 6.77. The number of aliphatic hydroxyl groups is 1. The van der Waals surface area contributed by atoms with Crippen molar-refractivity contribution in [1.29, 1.82) is 0 Å². The number of fused-ring (bicyclic) bond motifs is 5. The predicted octanol–water partition coefficient (Wildman–Crippen LogP) is 4.51. The van der Waals surface area contributed by atoms with Gasteiger partial charge < -0.3 is 44.3 Å². The van der Waals surface area contributed by atoms with Crippen LogP contribution in [0, 0.1) is 5.92 Å². The number of carbonyl (C=O) groups excluding carboxylic acids is 6. The zero-order valence-electron chi connectivity index (χ0n) is 35.3. The van der Waals surface area contributed by atoms with Gasteiger partial charge in [-0.15, -0.1) is 0 Å². The van der Waals surface area contributed by atoms with E-state index in [1.807, 2.05) is 13.0 Å². The molecule has 0 aliphatic carbocycles. The third kappa shape index (κ3) is 12.4. The maximum Gasteiger partial charge on any atom is 0.409 e. The number of amides is 4. The number of carbonyl (C=O) groups is 6. The van der Waals surface area contributed by atoms with Crippen molar-refractivity contribution in [2.45, 2.75) is 114 Å². The van der Waals surface area contributed by atoms with E-state index in [9.17, 15) is 33.9 Å². The number of allylic oxidation sites excluding steroid dienone is 3. The molecule has 3 heterocycles. The first-order valence-corrected chi connectivity index (χ1v) is 22.5. The van der Waals surface area contributed by atoms with Gasteiger partial charge in [0.05, 0.1) is 25.3 Å². The topological polar surface area (TPSA) is 217 Å². The van der Waals surface area contributed by atoms with Crippen molar-refractivity contribution in [2.24, 2.45) is 11.7 Å². The molecule has 3 aliphatic heterocycles. The first-order valence-electron chi connectivity index (χ1n) is 19.6. The number of nitrogens with one attached hydrogen (secondary N) is 1. The summed E-state index contributed by atoms with van der Waals surface area (Å²) in [7, 11) is 8.78. The molecular weight excluding hydrogens is 840 g/mol. The van der Waals surface area contributed by atoms with Crippen LogP contribution in [0.25, 0.3) is 0 Å². The Morgan fingerprint density at radius 2 is 1.82 bits per heavy atom. The number of methoxy groups -OCH3 is 2. The van der Waals surface area contributed by atoms with Crippen LogP contribution >= 0.6 is 33.2 Å². The number of ketones is 1. The molecule has 2 saturated heterocycles. The predicted molar refractivity (Wildman–Crippen MR) is 229 cm³/mol. The minimum atomic E-state index is -1.85. The first-order chi connectivity index (χ1) is 28.2. The summed E-state index contributed by atoms with van der Waals surface area (Å²) in [6.07, 6.45) is 1.17. The quantitative estimate of drug-likeness (QED) is 0.0956. The first kappa shape index (κ1) is 48.9. The van der Waals surface area contributed by atoms with E-state index in [0.717, 1.165) is 11.1 Å². The molecule has 1 aromatic carbocycles. The van der Waals surface area contributed by atoms with Crippen molar-refractivity contribution in [3.05, 3.63) is 46.5 Å².